The minimum atomic E-state index is -0.573. The van der Waals surface area contributed by atoms with Gasteiger partial charge in [-0.25, -0.2) is 4.39 Å². The fourth-order valence-electron chi connectivity index (χ4n) is 2.64. The molecule has 0 aliphatic heterocycles. The lowest BCUT2D eigenvalue weighted by Crippen LogP contribution is -2.13. The Labute approximate surface area is 173 Å². The number of carbonyl (C=O) groups excluding carboxylic acids is 2. The van der Waals surface area contributed by atoms with Crippen molar-refractivity contribution in [3.05, 3.63) is 89.7 Å². The van der Waals surface area contributed by atoms with Gasteiger partial charge in [-0.3, -0.25) is 9.59 Å². The van der Waals surface area contributed by atoms with Crippen molar-refractivity contribution in [2.24, 2.45) is 0 Å². The number of benzene rings is 3. The summed E-state index contributed by atoms with van der Waals surface area (Å²) in [7, 11) is 0. The van der Waals surface area contributed by atoms with E-state index < -0.39 is 11.7 Å². The highest BCUT2D eigenvalue weighted by atomic mass is 32.2. The van der Waals surface area contributed by atoms with Gasteiger partial charge in [-0.05, 0) is 61.5 Å². The summed E-state index contributed by atoms with van der Waals surface area (Å²) in [4.78, 5) is 25.5. The van der Waals surface area contributed by atoms with E-state index in [9.17, 15) is 14.0 Å². The summed E-state index contributed by atoms with van der Waals surface area (Å²) in [5.74, 6) is -0.0976. The molecule has 148 valence electrons. The van der Waals surface area contributed by atoms with Crippen LogP contribution in [0.1, 0.15) is 27.6 Å². The van der Waals surface area contributed by atoms with Crippen LogP contribution < -0.4 is 10.1 Å². The van der Waals surface area contributed by atoms with E-state index in [0.29, 0.717) is 17.9 Å². The Morgan fingerprint density at radius 2 is 1.76 bits per heavy atom. The van der Waals surface area contributed by atoms with Crippen LogP contribution in [0.2, 0.25) is 0 Å². The van der Waals surface area contributed by atoms with Gasteiger partial charge < -0.3 is 10.1 Å². The van der Waals surface area contributed by atoms with Crippen LogP contribution in [0, 0.1) is 5.82 Å². The van der Waals surface area contributed by atoms with Crippen LogP contribution in [0.3, 0.4) is 0 Å². The molecule has 0 saturated carbocycles. The fourth-order valence-corrected chi connectivity index (χ4v) is 3.49. The zero-order valence-electron chi connectivity index (χ0n) is 15.9. The highest BCUT2D eigenvalue weighted by molar-refractivity contribution is 8.00. The van der Waals surface area contributed by atoms with Crippen LogP contribution in [-0.4, -0.2) is 24.1 Å². The van der Waals surface area contributed by atoms with Crippen molar-refractivity contribution in [2.75, 3.05) is 17.7 Å². The molecule has 3 aromatic carbocycles. The van der Waals surface area contributed by atoms with Crippen LogP contribution in [0.25, 0.3) is 0 Å². The monoisotopic (exact) mass is 409 g/mol. The fraction of sp³-hybridized carbons (Fsp3) is 0.130. The number of carbonyl (C=O) groups is 2. The number of Topliss-reactive ketones (excluding diaryl/α,β-unsaturated/α-hetero) is 1. The van der Waals surface area contributed by atoms with Gasteiger partial charge in [0.05, 0.1) is 17.9 Å². The van der Waals surface area contributed by atoms with Crippen molar-refractivity contribution in [1.29, 1.82) is 0 Å². The van der Waals surface area contributed by atoms with Crippen LogP contribution in [0.4, 0.5) is 10.1 Å². The highest BCUT2D eigenvalue weighted by Crippen LogP contribution is 2.24. The quantitative estimate of drug-likeness (QED) is 0.397. The Balaban J connectivity index is 1.60. The Kier molecular flexibility index (Phi) is 7.03. The summed E-state index contributed by atoms with van der Waals surface area (Å²) in [5, 5.41) is 2.69. The third-order valence-corrected chi connectivity index (χ3v) is 5.06. The zero-order valence-corrected chi connectivity index (χ0v) is 16.7. The number of anilines is 1. The maximum absolute atomic E-state index is 13.8. The minimum absolute atomic E-state index is 0.00107. The number of ketones is 1. The average Bonchev–Trinajstić information content (AvgIpc) is 2.73. The molecule has 3 aromatic rings. The minimum Gasteiger partial charge on any atom is -0.494 e. The maximum Gasteiger partial charge on any atom is 0.258 e. The first-order valence-electron chi connectivity index (χ1n) is 9.11. The Morgan fingerprint density at radius 3 is 2.48 bits per heavy atom. The van der Waals surface area contributed by atoms with Gasteiger partial charge in [0.25, 0.3) is 5.91 Å². The van der Waals surface area contributed by atoms with E-state index in [-0.39, 0.29) is 17.1 Å². The molecular formula is C23H20FNO3S. The zero-order chi connectivity index (χ0) is 20.6. The van der Waals surface area contributed by atoms with Crippen LogP contribution in [-0.2, 0) is 0 Å². The summed E-state index contributed by atoms with van der Waals surface area (Å²) in [6.45, 7) is 2.48. The van der Waals surface area contributed by atoms with Gasteiger partial charge in [0, 0.05) is 16.1 Å². The molecule has 3 rings (SSSR count). The molecule has 29 heavy (non-hydrogen) atoms. The van der Waals surface area contributed by atoms with Crippen molar-refractivity contribution in [3.63, 3.8) is 0 Å². The molecular weight excluding hydrogens is 389 g/mol. The first-order chi connectivity index (χ1) is 14.1. The predicted octanol–water partition coefficient (Wildman–Crippen LogP) is 5.45. The molecule has 0 aliphatic rings. The molecule has 0 unspecified atom stereocenters. The number of amides is 1. The number of rotatable bonds is 8. The molecule has 0 radical (unpaired) electrons. The van der Waals surface area contributed by atoms with Gasteiger partial charge in [-0.1, -0.05) is 18.2 Å². The lowest BCUT2D eigenvalue weighted by molar-refractivity contribution is 0.101. The van der Waals surface area contributed by atoms with Gasteiger partial charge in [0.15, 0.2) is 5.78 Å². The topological polar surface area (TPSA) is 55.4 Å². The normalized spacial score (nSPS) is 10.4. The van der Waals surface area contributed by atoms with Crippen molar-refractivity contribution >= 4 is 29.1 Å². The molecule has 0 atom stereocenters. The molecule has 0 aromatic heterocycles. The molecule has 0 heterocycles. The lowest BCUT2D eigenvalue weighted by Gasteiger charge is -2.08. The Hall–Kier alpha value is -3.12. The first-order valence-corrected chi connectivity index (χ1v) is 10.1. The van der Waals surface area contributed by atoms with Crippen LogP contribution >= 0.6 is 11.8 Å². The third-order valence-electron chi connectivity index (χ3n) is 4.07. The van der Waals surface area contributed by atoms with Crippen molar-refractivity contribution in [1.82, 2.24) is 0 Å². The van der Waals surface area contributed by atoms with Gasteiger partial charge in [0.1, 0.15) is 11.6 Å². The average molecular weight is 409 g/mol. The van der Waals surface area contributed by atoms with Crippen LogP contribution in [0.15, 0.2) is 77.7 Å². The second-order valence-corrected chi connectivity index (χ2v) is 7.18. The first kappa shape index (κ1) is 20.6. The Bertz CT molecular complexity index is 1010. The van der Waals surface area contributed by atoms with Gasteiger partial charge in [-0.2, -0.15) is 0 Å². The van der Waals surface area contributed by atoms with E-state index in [1.165, 1.54) is 30.0 Å². The Morgan fingerprint density at radius 1 is 1.00 bits per heavy atom. The highest BCUT2D eigenvalue weighted by Gasteiger charge is 2.12. The van der Waals surface area contributed by atoms with E-state index in [4.69, 9.17) is 4.74 Å². The summed E-state index contributed by atoms with van der Waals surface area (Å²) in [6.07, 6.45) is 0. The molecule has 4 nitrogen and oxygen atoms in total. The van der Waals surface area contributed by atoms with Gasteiger partial charge >= 0.3 is 0 Å². The van der Waals surface area contributed by atoms with Crippen molar-refractivity contribution in [3.8, 4) is 5.75 Å². The predicted molar refractivity (Wildman–Crippen MR) is 113 cm³/mol. The maximum atomic E-state index is 13.8. The summed E-state index contributed by atoms with van der Waals surface area (Å²) < 4.78 is 19.1. The third kappa shape index (κ3) is 5.68. The summed E-state index contributed by atoms with van der Waals surface area (Å²) in [6, 6.07) is 20.0. The summed E-state index contributed by atoms with van der Waals surface area (Å²) in [5.41, 5.74) is 1.14. The molecule has 1 amide bonds. The molecule has 6 heteroatoms. The van der Waals surface area contributed by atoms with E-state index >= 15 is 0 Å². The number of ether oxygens (including phenoxy) is 1. The molecule has 1 N–H and O–H groups in total. The van der Waals surface area contributed by atoms with E-state index in [0.717, 1.165) is 10.6 Å². The van der Waals surface area contributed by atoms with E-state index in [2.05, 4.69) is 5.32 Å². The lowest BCUT2D eigenvalue weighted by atomic mass is 10.1. The standard InChI is InChI=1S/C23H20FNO3S/c1-2-28-18-12-10-16(11-13-18)22(26)15-29-19-7-5-6-17(14-19)25-23(27)20-8-3-4-9-21(20)24/h3-14H,2,15H2,1H3,(H,25,27). The number of nitrogens with one attached hydrogen (secondary N) is 1. The van der Waals surface area contributed by atoms with E-state index in [1.807, 2.05) is 13.0 Å². The van der Waals surface area contributed by atoms with Crippen LogP contribution in [0.5, 0.6) is 5.75 Å². The SMILES string of the molecule is CCOc1ccc(C(=O)CSc2cccc(NC(=O)c3ccccc3F)c2)cc1. The van der Waals surface area contributed by atoms with Gasteiger partial charge in [0.2, 0.25) is 0 Å². The molecule has 0 spiro atoms. The molecule has 0 saturated heterocycles. The number of halogens is 1. The molecule has 0 aliphatic carbocycles. The molecule has 0 fully saturated rings. The second-order valence-electron chi connectivity index (χ2n) is 6.13. The number of hydrogen-bond acceptors (Lipinski definition) is 4. The summed E-state index contributed by atoms with van der Waals surface area (Å²) >= 11 is 1.37. The van der Waals surface area contributed by atoms with E-state index in [1.54, 1.807) is 48.5 Å². The number of thioether (sulfide) groups is 1. The largest absolute Gasteiger partial charge is 0.494 e. The second kappa shape index (κ2) is 9.89. The van der Waals surface area contributed by atoms with Crippen molar-refractivity contribution in [2.45, 2.75) is 11.8 Å². The number of hydrogen-bond donors (Lipinski definition) is 1. The van der Waals surface area contributed by atoms with Gasteiger partial charge in [-0.15, -0.1) is 11.8 Å². The molecule has 0 bridgehead atoms. The van der Waals surface area contributed by atoms with Crippen molar-refractivity contribution < 1.29 is 18.7 Å². The smallest absolute Gasteiger partial charge is 0.258 e.